The monoisotopic (exact) mass is 616 g/mol. The summed E-state index contributed by atoms with van der Waals surface area (Å²) in [6.45, 7) is 0. The molecular weight excluding hydrogens is 605 g/mol. The summed E-state index contributed by atoms with van der Waals surface area (Å²) in [4.78, 5) is 15.8. The molecule has 192 valence electrons. The van der Waals surface area contributed by atoms with Gasteiger partial charge in [0.2, 0.25) is 0 Å². The van der Waals surface area contributed by atoms with Crippen LogP contribution in [-0.4, -0.2) is 9.97 Å². The summed E-state index contributed by atoms with van der Waals surface area (Å²) in [5.41, 5.74) is 1.97. The molecule has 0 saturated heterocycles. The molecule has 0 aromatic carbocycles. The maximum absolute atomic E-state index is 9.14. The molecule has 0 aliphatic heterocycles. The lowest BCUT2D eigenvalue weighted by Gasteiger charge is -1.93. The highest BCUT2D eigenvalue weighted by atomic mass is 32.1. The van der Waals surface area contributed by atoms with Crippen molar-refractivity contribution in [3.8, 4) is 43.8 Å². The zero-order valence-corrected chi connectivity index (χ0v) is 24.7. The Balaban J connectivity index is 1.37. The van der Waals surface area contributed by atoms with Gasteiger partial charge in [0.1, 0.15) is 46.5 Å². The fourth-order valence-electron chi connectivity index (χ4n) is 3.99. The van der Waals surface area contributed by atoms with Gasteiger partial charge in [-0.3, -0.25) is 9.97 Å². The van der Waals surface area contributed by atoms with Gasteiger partial charge in [0.05, 0.1) is 18.8 Å². The molecule has 0 radical (unpaired) electrons. The Morgan fingerprint density at radius 1 is 0.537 bits per heavy atom. The van der Waals surface area contributed by atoms with Crippen LogP contribution >= 0.6 is 56.7 Å². The molecule has 0 spiro atoms. The molecule has 0 fully saturated rings. The van der Waals surface area contributed by atoms with Gasteiger partial charge in [-0.05, 0) is 60.7 Å². The Morgan fingerprint density at radius 3 is 1.39 bits per heavy atom. The van der Waals surface area contributed by atoms with E-state index in [0.29, 0.717) is 9.06 Å². The van der Waals surface area contributed by atoms with E-state index in [9.17, 15) is 0 Å². The Labute approximate surface area is 253 Å². The Morgan fingerprint density at radius 2 is 0.976 bits per heavy atom. The number of fused-ring (bicyclic) bond motifs is 1. The zero-order chi connectivity index (χ0) is 28.3. The maximum Gasteiger partial charge on any atom is 0.146 e. The Kier molecular flexibility index (Phi) is 7.37. The van der Waals surface area contributed by atoms with E-state index < -0.39 is 0 Å². The van der Waals surface area contributed by atoms with E-state index in [0.717, 1.165) is 49.4 Å². The summed E-state index contributed by atoms with van der Waals surface area (Å²) in [7, 11) is 0. The first-order valence-corrected chi connectivity index (χ1v) is 15.9. The minimum atomic E-state index is 0.123. The third-order valence-electron chi connectivity index (χ3n) is 5.80. The molecule has 6 nitrogen and oxygen atoms in total. The highest BCUT2D eigenvalue weighted by Crippen LogP contribution is 2.46. The second-order valence-electron chi connectivity index (χ2n) is 8.31. The molecule has 0 unspecified atom stereocenters. The van der Waals surface area contributed by atoms with E-state index >= 15 is 0 Å². The van der Waals surface area contributed by atoms with Crippen LogP contribution in [0.3, 0.4) is 0 Å². The standard InChI is InChI=1S/C30H12N6S5/c31-13-17(14-32)23-5-1-19(37-23)11-21-3-7-25(39-21)29-27-28(36-10-9-35-27)30(41-29)26-8-4-22(40-26)12-20-2-6-24(38-20)18(15-33)16-34/h1-12H/b19-11-,20-12-. The van der Waals surface area contributed by atoms with Crippen LogP contribution in [0.4, 0.5) is 0 Å². The number of nitrogens with zero attached hydrogens (tertiary/aromatic N) is 6. The predicted molar refractivity (Wildman–Crippen MR) is 168 cm³/mol. The van der Waals surface area contributed by atoms with Crippen molar-refractivity contribution >= 4 is 91.0 Å². The van der Waals surface area contributed by atoms with Crippen molar-refractivity contribution < 1.29 is 0 Å². The summed E-state index contributed by atoms with van der Waals surface area (Å²) in [5.74, 6) is 0. The van der Waals surface area contributed by atoms with Gasteiger partial charge in [-0.1, -0.05) is 0 Å². The van der Waals surface area contributed by atoms with E-state index in [1.165, 1.54) is 22.7 Å². The van der Waals surface area contributed by atoms with Gasteiger partial charge in [-0.25, -0.2) is 0 Å². The molecule has 6 rings (SSSR count). The number of nitriles is 4. The molecule has 6 aromatic rings. The largest absolute Gasteiger partial charge is 0.251 e. The molecule has 0 amide bonds. The minimum absolute atomic E-state index is 0.123. The predicted octanol–water partition coefficient (Wildman–Crippen LogP) is 5.32. The van der Waals surface area contributed by atoms with Crippen molar-refractivity contribution in [1.29, 1.82) is 21.0 Å². The average Bonchev–Trinajstić information content (AvgIpc) is 3.82. The lowest BCUT2D eigenvalue weighted by atomic mass is 10.2. The van der Waals surface area contributed by atoms with Crippen LogP contribution in [0.25, 0.3) is 53.8 Å². The number of hydrogen-bond donors (Lipinski definition) is 0. The average molecular weight is 617 g/mol. The Bertz CT molecular complexity index is 2190. The fraction of sp³-hybridized carbons (Fsp3) is 0. The molecule has 0 N–H and O–H groups in total. The van der Waals surface area contributed by atoms with E-state index in [1.54, 1.807) is 58.5 Å². The summed E-state index contributed by atoms with van der Waals surface area (Å²) in [6.07, 6.45) is 7.54. The van der Waals surface area contributed by atoms with Gasteiger partial charge in [0.25, 0.3) is 0 Å². The second-order valence-corrected chi connectivity index (χ2v) is 13.8. The van der Waals surface area contributed by atoms with Crippen molar-refractivity contribution in [1.82, 2.24) is 9.97 Å². The van der Waals surface area contributed by atoms with Gasteiger partial charge in [0, 0.05) is 41.0 Å². The zero-order valence-electron chi connectivity index (χ0n) is 20.7. The number of thiophene rings is 5. The van der Waals surface area contributed by atoms with Crippen LogP contribution in [0.5, 0.6) is 0 Å². The van der Waals surface area contributed by atoms with Gasteiger partial charge < -0.3 is 0 Å². The van der Waals surface area contributed by atoms with Crippen LogP contribution in [0.2, 0.25) is 0 Å². The molecule has 0 atom stereocenters. The highest BCUT2D eigenvalue weighted by Gasteiger charge is 2.18. The minimum Gasteiger partial charge on any atom is -0.251 e. The first-order chi connectivity index (χ1) is 20.1. The SMILES string of the molecule is N#CC(C#N)=c1cc/c(=C/c2ccc(-c3sc(-c4ccc(/C=c5/ccc(=C(C#N)C#N)s5)s4)c4nccnc34)s2)s1. The van der Waals surface area contributed by atoms with E-state index in [2.05, 4.69) is 46.4 Å². The van der Waals surface area contributed by atoms with Crippen molar-refractivity contribution in [2.75, 3.05) is 0 Å². The number of hydrogen-bond acceptors (Lipinski definition) is 11. The van der Waals surface area contributed by atoms with Crippen molar-refractivity contribution in [2.45, 2.75) is 0 Å². The third kappa shape index (κ3) is 5.25. The molecule has 0 aliphatic carbocycles. The summed E-state index contributed by atoms with van der Waals surface area (Å²) in [5, 5.41) is 36.6. The normalized spacial score (nSPS) is 11.6. The molecule has 0 bridgehead atoms. The lowest BCUT2D eigenvalue weighted by molar-refractivity contribution is 1.31. The van der Waals surface area contributed by atoms with Crippen molar-refractivity contribution in [3.05, 3.63) is 88.8 Å². The lowest BCUT2D eigenvalue weighted by Crippen LogP contribution is -1.96. The summed E-state index contributed by atoms with van der Waals surface area (Å²) < 4.78 is 3.29. The quantitative estimate of drug-likeness (QED) is 0.264. The third-order valence-corrected chi connectivity index (χ3v) is 11.5. The van der Waals surface area contributed by atoms with Gasteiger partial charge in [-0.2, -0.15) is 21.0 Å². The highest BCUT2D eigenvalue weighted by molar-refractivity contribution is 7.28. The summed E-state index contributed by atoms with van der Waals surface area (Å²) in [6, 6.07) is 23.6. The first-order valence-electron chi connectivity index (χ1n) is 11.8. The molecule has 6 heterocycles. The molecular formula is C30H12N6S5. The fourth-order valence-corrected chi connectivity index (χ4v) is 9.28. The van der Waals surface area contributed by atoms with Gasteiger partial charge in [-0.15, -0.1) is 56.7 Å². The van der Waals surface area contributed by atoms with Crippen LogP contribution in [0, 0.1) is 45.3 Å². The molecule has 6 aromatic heterocycles. The Hall–Kier alpha value is -4.72. The topological polar surface area (TPSA) is 121 Å². The molecule has 0 aliphatic rings. The smallest absolute Gasteiger partial charge is 0.146 e. The van der Waals surface area contributed by atoms with E-state index in [4.69, 9.17) is 21.0 Å². The summed E-state index contributed by atoms with van der Waals surface area (Å²) >= 11 is 7.82. The number of rotatable bonds is 4. The molecule has 11 heteroatoms. The van der Waals surface area contributed by atoms with Gasteiger partial charge >= 0.3 is 0 Å². The van der Waals surface area contributed by atoms with E-state index in [1.807, 2.05) is 36.4 Å². The van der Waals surface area contributed by atoms with Crippen molar-refractivity contribution in [2.24, 2.45) is 0 Å². The van der Waals surface area contributed by atoms with Crippen LogP contribution in [0.1, 0.15) is 9.75 Å². The molecule has 0 saturated carbocycles. The maximum atomic E-state index is 9.14. The van der Waals surface area contributed by atoms with Crippen molar-refractivity contribution in [3.63, 3.8) is 0 Å². The van der Waals surface area contributed by atoms with Crippen LogP contribution in [0.15, 0.2) is 60.9 Å². The second kappa shape index (κ2) is 11.4. The number of aromatic nitrogens is 2. The van der Waals surface area contributed by atoms with Crippen LogP contribution in [-0.2, 0) is 0 Å². The van der Waals surface area contributed by atoms with Crippen LogP contribution < -0.4 is 18.1 Å². The van der Waals surface area contributed by atoms with Gasteiger partial charge in [0.15, 0.2) is 0 Å². The molecule has 41 heavy (non-hydrogen) atoms. The van der Waals surface area contributed by atoms with E-state index in [-0.39, 0.29) is 11.1 Å². The first kappa shape index (κ1) is 26.5.